The Kier molecular flexibility index (Phi) is 7.09. The Morgan fingerprint density at radius 3 is 2.85 bits per heavy atom. The van der Waals surface area contributed by atoms with Gasteiger partial charge >= 0.3 is 0 Å². The van der Waals surface area contributed by atoms with Crippen LogP contribution in [0.5, 0.6) is 5.75 Å². The van der Waals surface area contributed by atoms with E-state index in [4.69, 9.17) is 16.9 Å². The fraction of sp³-hybridized carbons (Fsp3) is 0.407. The monoisotopic (exact) mass is 459 g/mol. The number of aromatic nitrogens is 2. The van der Waals surface area contributed by atoms with Gasteiger partial charge in [-0.25, -0.2) is 4.98 Å². The Hall–Kier alpha value is -3.50. The van der Waals surface area contributed by atoms with Crippen LogP contribution in [0.4, 0.5) is 5.69 Å². The lowest BCUT2D eigenvalue weighted by Gasteiger charge is -2.43. The van der Waals surface area contributed by atoms with Crippen LogP contribution in [0.2, 0.25) is 0 Å². The highest BCUT2D eigenvalue weighted by molar-refractivity contribution is 5.97. The van der Waals surface area contributed by atoms with Gasteiger partial charge < -0.3 is 25.7 Å². The van der Waals surface area contributed by atoms with Crippen molar-refractivity contribution in [3.8, 4) is 18.1 Å². The molecule has 1 aromatic heterocycles. The summed E-state index contributed by atoms with van der Waals surface area (Å²) in [4.78, 5) is 23.0. The first kappa shape index (κ1) is 23.7. The Labute approximate surface area is 201 Å². The SMILES string of the molecule is C#CCOc1ccc(CNC2(C)CCC[C@H](N(CC)C(=O)c3nc4c(N)cccc4[nH]3)C2)cc1. The number of benzene rings is 2. The summed E-state index contributed by atoms with van der Waals surface area (Å²) in [5.41, 5.74) is 9.15. The molecule has 4 rings (SSSR count). The van der Waals surface area contributed by atoms with Crippen LogP contribution in [-0.4, -0.2) is 45.5 Å². The molecule has 3 aromatic rings. The van der Waals surface area contributed by atoms with Gasteiger partial charge in [-0.05, 0) is 69.4 Å². The summed E-state index contributed by atoms with van der Waals surface area (Å²) in [6, 6.07) is 13.7. The summed E-state index contributed by atoms with van der Waals surface area (Å²) in [5.74, 6) is 3.52. The van der Waals surface area contributed by atoms with Crippen molar-refractivity contribution in [3.05, 3.63) is 53.9 Å². The molecule has 0 spiro atoms. The molecule has 0 radical (unpaired) electrons. The van der Waals surface area contributed by atoms with Gasteiger partial charge in [0.15, 0.2) is 5.82 Å². The average molecular weight is 460 g/mol. The molecule has 34 heavy (non-hydrogen) atoms. The Bertz CT molecular complexity index is 1180. The number of nitrogens with two attached hydrogens (primary N) is 1. The number of carbonyl (C=O) groups excluding carboxylic acids is 1. The van der Waals surface area contributed by atoms with E-state index in [2.05, 4.69) is 40.3 Å². The predicted molar refractivity (Wildman–Crippen MR) is 135 cm³/mol. The topological polar surface area (TPSA) is 96.3 Å². The van der Waals surface area contributed by atoms with E-state index >= 15 is 0 Å². The molecular formula is C27H33N5O2. The molecule has 1 aliphatic rings. The summed E-state index contributed by atoms with van der Waals surface area (Å²) in [6.07, 6.45) is 9.25. The van der Waals surface area contributed by atoms with Crippen LogP contribution in [0.3, 0.4) is 0 Å². The number of amides is 1. The van der Waals surface area contributed by atoms with Crippen molar-refractivity contribution in [3.63, 3.8) is 0 Å². The molecule has 0 bridgehead atoms. The quantitative estimate of drug-likeness (QED) is 0.348. The molecule has 1 aliphatic carbocycles. The number of aromatic amines is 1. The van der Waals surface area contributed by atoms with E-state index in [1.807, 2.05) is 36.1 Å². The third-order valence-electron chi connectivity index (χ3n) is 6.71. The van der Waals surface area contributed by atoms with Gasteiger partial charge in [-0.1, -0.05) is 24.1 Å². The number of nitrogens with one attached hydrogen (secondary N) is 2. The number of nitrogens with zero attached hydrogens (tertiary/aromatic N) is 2. The second-order valence-corrected chi connectivity index (χ2v) is 9.22. The lowest BCUT2D eigenvalue weighted by atomic mass is 9.79. The first-order valence-electron chi connectivity index (χ1n) is 11.9. The lowest BCUT2D eigenvalue weighted by Crippen LogP contribution is -2.52. The molecule has 178 valence electrons. The van der Waals surface area contributed by atoms with Crippen LogP contribution >= 0.6 is 0 Å². The number of hydrogen-bond donors (Lipinski definition) is 3. The summed E-state index contributed by atoms with van der Waals surface area (Å²) >= 11 is 0. The number of carbonyl (C=O) groups is 1. The first-order chi connectivity index (χ1) is 16.4. The maximum Gasteiger partial charge on any atom is 0.289 e. The van der Waals surface area contributed by atoms with E-state index in [0.29, 0.717) is 23.6 Å². The number of H-pyrrole nitrogens is 1. The zero-order chi connectivity index (χ0) is 24.1. The van der Waals surface area contributed by atoms with Crippen LogP contribution < -0.4 is 15.8 Å². The number of ether oxygens (including phenoxy) is 1. The largest absolute Gasteiger partial charge is 0.481 e. The molecular weight excluding hydrogens is 426 g/mol. The van der Waals surface area contributed by atoms with E-state index in [1.165, 1.54) is 5.56 Å². The number of terminal acetylenes is 1. The molecule has 1 unspecified atom stereocenters. The van der Waals surface area contributed by atoms with Crippen molar-refractivity contribution in [2.75, 3.05) is 18.9 Å². The van der Waals surface area contributed by atoms with E-state index in [-0.39, 0.29) is 24.1 Å². The van der Waals surface area contributed by atoms with Crippen molar-refractivity contribution in [1.29, 1.82) is 0 Å². The molecule has 7 heteroatoms. The van der Waals surface area contributed by atoms with E-state index in [9.17, 15) is 4.79 Å². The average Bonchev–Trinajstić information content (AvgIpc) is 3.29. The number of hydrogen-bond acceptors (Lipinski definition) is 5. The Morgan fingerprint density at radius 1 is 1.35 bits per heavy atom. The Balaban J connectivity index is 1.42. The van der Waals surface area contributed by atoms with Gasteiger partial charge in [-0.3, -0.25) is 4.79 Å². The molecule has 2 aromatic carbocycles. The zero-order valence-corrected chi connectivity index (χ0v) is 19.9. The number of nitrogen functional groups attached to an aromatic ring is 1. The van der Waals surface area contributed by atoms with Crippen LogP contribution in [-0.2, 0) is 6.54 Å². The molecule has 4 N–H and O–H groups in total. The fourth-order valence-electron chi connectivity index (χ4n) is 4.88. The van der Waals surface area contributed by atoms with Crippen molar-refractivity contribution in [1.82, 2.24) is 20.2 Å². The minimum Gasteiger partial charge on any atom is -0.481 e. The maximum absolute atomic E-state index is 13.4. The summed E-state index contributed by atoms with van der Waals surface area (Å²) in [7, 11) is 0. The van der Waals surface area contributed by atoms with Gasteiger partial charge in [0.25, 0.3) is 5.91 Å². The van der Waals surface area contributed by atoms with Gasteiger partial charge in [0, 0.05) is 24.7 Å². The highest BCUT2D eigenvalue weighted by atomic mass is 16.5. The van der Waals surface area contributed by atoms with Crippen LogP contribution in [0.1, 0.15) is 55.7 Å². The number of anilines is 1. The number of rotatable bonds is 8. The molecule has 1 fully saturated rings. The number of fused-ring (bicyclic) bond motifs is 1. The Morgan fingerprint density at radius 2 is 2.15 bits per heavy atom. The molecule has 1 heterocycles. The van der Waals surface area contributed by atoms with Crippen LogP contribution in [0, 0.1) is 12.3 Å². The van der Waals surface area contributed by atoms with Gasteiger partial charge in [0.05, 0.1) is 11.2 Å². The third kappa shape index (κ3) is 5.18. The summed E-state index contributed by atoms with van der Waals surface area (Å²) in [6.45, 7) is 5.93. The normalized spacial score (nSPS) is 20.1. The fourth-order valence-corrected chi connectivity index (χ4v) is 4.88. The summed E-state index contributed by atoms with van der Waals surface area (Å²) in [5, 5.41) is 3.74. The van der Waals surface area contributed by atoms with Crippen molar-refractivity contribution < 1.29 is 9.53 Å². The number of imidazole rings is 1. The van der Waals surface area contributed by atoms with Crippen LogP contribution in [0.25, 0.3) is 11.0 Å². The highest BCUT2D eigenvalue weighted by Gasteiger charge is 2.36. The lowest BCUT2D eigenvalue weighted by molar-refractivity contribution is 0.0565. The van der Waals surface area contributed by atoms with Gasteiger partial charge in [0.1, 0.15) is 17.9 Å². The second-order valence-electron chi connectivity index (χ2n) is 9.22. The van der Waals surface area contributed by atoms with Crippen molar-refractivity contribution >= 4 is 22.6 Å². The molecule has 1 amide bonds. The molecule has 7 nitrogen and oxygen atoms in total. The second kappa shape index (κ2) is 10.2. The van der Waals surface area contributed by atoms with E-state index in [1.54, 1.807) is 6.07 Å². The molecule has 0 saturated heterocycles. The minimum atomic E-state index is -0.0742. The minimum absolute atomic E-state index is 0.0619. The first-order valence-corrected chi connectivity index (χ1v) is 11.9. The van der Waals surface area contributed by atoms with Gasteiger partial charge in [-0.15, -0.1) is 6.42 Å². The van der Waals surface area contributed by atoms with E-state index < -0.39 is 0 Å². The molecule has 1 saturated carbocycles. The van der Waals surface area contributed by atoms with Gasteiger partial charge in [0.2, 0.25) is 0 Å². The smallest absolute Gasteiger partial charge is 0.289 e. The zero-order valence-electron chi connectivity index (χ0n) is 19.9. The summed E-state index contributed by atoms with van der Waals surface area (Å²) < 4.78 is 5.45. The van der Waals surface area contributed by atoms with Crippen LogP contribution in [0.15, 0.2) is 42.5 Å². The van der Waals surface area contributed by atoms with Crippen molar-refractivity contribution in [2.24, 2.45) is 0 Å². The molecule has 0 aliphatic heterocycles. The molecule has 2 atom stereocenters. The predicted octanol–water partition coefficient (Wildman–Crippen LogP) is 4.11. The highest BCUT2D eigenvalue weighted by Crippen LogP contribution is 2.32. The maximum atomic E-state index is 13.4. The van der Waals surface area contributed by atoms with Gasteiger partial charge in [-0.2, -0.15) is 0 Å². The standard InChI is InChI=1S/C27H33N5O2/c1-4-16-34-21-13-11-19(12-14-21)18-29-27(3)15-7-8-20(17-27)32(5-2)26(33)25-30-23-10-6-9-22(28)24(23)31-25/h1,6,9-14,20,29H,5,7-8,15-18,28H2,2-3H3,(H,30,31)/t20-,27?/m0/s1. The van der Waals surface area contributed by atoms with Crippen molar-refractivity contribution in [2.45, 2.75) is 57.7 Å². The number of para-hydroxylation sites is 1. The third-order valence-corrected chi connectivity index (χ3v) is 6.71. The van der Waals surface area contributed by atoms with E-state index in [0.717, 1.165) is 43.5 Å².